The van der Waals surface area contributed by atoms with Gasteiger partial charge in [0, 0.05) is 19.7 Å². The van der Waals surface area contributed by atoms with Crippen molar-refractivity contribution in [2.24, 2.45) is 0 Å². The van der Waals surface area contributed by atoms with Gasteiger partial charge >= 0.3 is 0 Å². The number of hydrogen-bond donors (Lipinski definition) is 1. The van der Waals surface area contributed by atoms with Gasteiger partial charge in [0.05, 0.1) is 25.4 Å². The molecule has 0 saturated carbocycles. The third-order valence-electron chi connectivity index (χ3n) is 3.43. The van der Waals surface area contributed by atoms with Crippen LogP contribution >= 0.6 is 0 Å². The second kappa shape index (κ2) is 11.6. The van der Waals surface area contributed by atoms with Gasteiger partial charge in [-0.25, -0.2) is 0 Å². The first-order valence-corrected chi connectivity index (χ1v) is 7.57. The number of ether oxygens (including phenoxy) is 2. The predicted octanol–water partition coefficient (Wildman–Crippen LogP) is 2.30. The Morgan fingerprint density at radius 3 is 2.37 bits per heavy atom. The average Bonchev–Trinajstić information content (AvgIpc) is 2.40. The lowest BCUT2D eigenvalue weighted by molar-refractivity contribution is -0.0425. The van der Waals surface area contributed by atoms with E-state index in [0.717, 1.165) is 13.0 Å². The molecule has 0 fully saturated rings. The quantitative estimate of drug-likeness (QED) is 0.593. The van der Waals surface area contributed by atoms with Crippen LogP contribution in [0.15, 0.2) is 0 Å². The molecule has 0 saturated heterocycles. The summed E-state index contributed by atoms with van der Waals surface area (Å²) >= 11 is 0. The van der Waals surface area contributed by atoms with E-state index in [1.54, 1.807) is 7.11 Å². The zero-order valence-corrected chi connectivity index (χ0v) is 13.4. The van der Waals surface area contributed by atoms with E-state index in [1.165, 1.54) is 12.8 Å². The molecule has 0 aromatic rings. The van der Waals surface area contributed by atoms with Crippen LogP contribution in [0.1, 0.15) is 47.0 Å². The van der Waals surface area contributed by atoms with Crippen LogP contribution in [0, 0.1) is 0 Å². The Labute approximate surface area is 119 Å². The zero-order chi connectivity index (χ0) is 14.7. The number of nitrogens with zero attached hydrogens (tertiary/aromatic N) is 1. The van der Waals surface area contributed by atoms with Gasteiger partial charge in [0.25, 0.3) is 0 Å². The van der Waals surface area contributed by atoms with E-state index >= 15 is 0 Å². The number of rotatable bonds is 12. The van der Waals surface area contributed by atoms with Crippen LogP contribution in [0.5, 0.6) is 0 Å². The first-order chi connectivity index (χ1) is 9.04. The van der Waals surface area contributed by atoms with Crippen molar-refractivity contribution in [3.05, 3.63) is 0 Å². The zero-order valence-electron chi connectivity index (χ0n) is 13.4. The van der Waals surface area contributed by atoms with Gasteiger partial charge in [0.15, 0.2) is 0 Å². The maximum atomic E-state index is 10.1. The molecule has 0 aliphatic rings. The summed E-state index contributed by atoms with van der Waals surface area (Å²) in [4.78, 5) is 2.36. The van der Waals surface area contributed by atoms with Gasteiger partial charge in [-0.2, -0.15) is 0 Å². The van der Waals surface area contributed by atoms with Gasteiger partial charge < -0.3 is 14.6 Å². The fraction of sp³-hybridized carbons (Fsp3) is 1.00. The predicted molar refractivity (Wildman–Crippen MR) is 79.5 cm³/mol. The fourth-order valence-corrected chi connectivity index (χ4v) is 1.99. The van der Waals surface area contributed by atoms with E-state index < -0.39 is 6.10 Å². The summed E-state index contributed by atoms with van der Waals surface area (Å²) in [5.74, 6) is 0. The Morgan fingerprint density at radius 1 is 1.16 bits per heavy atom. The third kappa shape index (κ3) is 9.38. The minimum atomic E-state index is -0.426. The Hall–Kier alpha value is -0.160. The van der Waals surface area contributed by atoms with Crippen molar-refractivity contribution in [2.45, 2.75) is 65.2 Å². The summed E-state index contributed by atoms with van der Waals surface area (Å²) in [5, 5.41) is 10.1. The molecule has 0 heterocycles. The van der Waals surface area contributed by atoms with Crippen LogP contribution < -0.4 is 0 Å². The molecule has 0 spiro atoms. The van der Waals surface area contributed by atoms with E-state index in [2.05, 4.69) is 25.7 Å². The first kappa shape index (κ1) is 18.8. The largest absolute Gasteiger partial charge is 0.389 e. The summed E-state index contributed by atoms with van der Waals surface area (Å²) < 4.78 is 10.6. The molecule has 0 amide bonds. The van der Waals surface area contributed by atoms with Crippen molar-refractivity contribution in [3.63, 3.8) is 0 Å². The smallest absolute Gasteiger partial charge is 0.0900 e. The van der Waals surface area contributed by atoms with Crippen LogP contribution in [0.25, 0.3) is 0 Å². The summed E-state index contributed by atoms with van der Waals surface area (Å²) in [6.45, 7) is 11.2. The highest BCUT2D eigenvalue weighted by atomic mass is 16.5. The van der Waals surface area contributed by atoms with Gasteiger partial charge in [0.1, 0.15) is 0 Å². The molecule has 0 rings (SSSR count). The standard InChI is InChI=1S/C15H33NO3/c1-6-8-9-16(13(3)7-2)10-15(17)12-19-14(4)11-18-5/h13-15,17H,6-12H2,1-5H3. The van der Waals surface area contributed by atoms with Gasteiger partial charge in [0.2, 0.25) is 0 Å². The van der Waals surface area contributed by atoms with Crippen LogP contribution in [0.3, 0.4) is 0 Å². The summed E-state index contributed by atoms with van der Waals surface area (Å²) in [6.07, 6.45) is 3.08. The molecular formula is C15H33NO3. The maximum absolute atomic E-state index is 10.1. The Morgan fingerprint density at radius 2 is 1.84 bits per heavy atom. The van der Waals surface area contributed by atoms with Crippen molar-refractivity contribution >= 4 is 0 Å². The molecule has 0 radical (unpaired) electrons. The van der Waals surface area contributed by atoms with Crippen LogP contribution in [0.4, 0.5) is 0 Å². The molecule has 0 aromatic heterocycles. The molecule has 0 aromatic carbocycles. The van der Waals surface area contributed by atoms with E-state index in [0.29, 0.717) is 25.8 Å². The van der Waals surface area contributed by atoms with Crippen molar-refractivity contribution in [2.75, 3.05) is 33.4 Å². The molecule has 0 aliphatic heterocycles. The molecule has 0 bridgehead atoms. The molecule has 1 N–H and O–H groups in total. The van der Waals surface area contributed by atoms with Gasteiger partial charge in [-0.1, -0.05) is 20.3 Å². The summed E-state index contributed by atoms with van der Waals surface area (Å²) in [5.41, 5.74) is 0. The van der Waals surface area contributed by atoms with Crippen LogP contribution in [0.2, 0.25) is 0 Å². The Bertz CT molecular complexity index is 202. The third-order valence-corrected chi connectivity index (χ3v) is 3.43. The number of methoxy groups -OCH3 is 1. The number of unbranched alkanes of at least 4 members (excludes halogenated alkanes) is 1. The highest BCUT2D eigenvalue weighted by molar-refractivity contribution is 4.70. The van der Waals surface area contributed by atoms with Gasteiger partial charge in [-0.15, -0.1) is 0 Å². The Kier molecular flexibility index (Phi) is 11.6. The SMILES string of the molecule is CCCCN(CC(O)COC(C)COC)C(C)CC. The molecule has 19 heavy (non-hydrogen) atoms. The highest BCUT2D eigenvalue weighted by Gasteiger charge is 2.17. The highest BCUT2D eigenvalue weighted by Crippen LogP contribution is 2.07. The first-order valence-electron chi connectivity index (χ1n) is 7.57. The fourth-order valence-electron chi connectivity index (χ4n) is 1.99. The van der Waals surface area contributed by atoms with E-state index in [4.69, 9.17) is 9.47 Å². The van der Waals surface area contributed by atoms with Crippen molar-refractivity contribution < 1.29 is 14.6 Å². The lowest BCUT2D eigenvalue weighted by Gasteiger charge is -2.30. The van der Waals surface area contributed by atoms with Gasteiger partial charge in [-0.05, 0) is 33.2 Å². The number of aliphatic hydroxyl groups is 1. The van der Waals surface area contributed by atoms with Crippen LogP contribution in [-0.2, 0) is 9.47 Å². The molecule has 4 nitrogen and oxygen atoms in total. The number of aliphatic hydroxyl groups excluding tert-OH is 1. The average molecular weight is 275 g/mol. The van der Waals surface area contributed by atoms with E-state index in [-0.39, 0.29) is 6.10 Å². The van der Waals surface area contributed by atoms with E-state index in [9.17, 15) is 5.11 Å². The van der Waals surface area contributed by atoms with Crippen molar-refractivity contribution in [1.82, 2.24) is 4.90 Å². The number of hydrogen-bond acceptors (Lipinski definition) is 4. The monoisotopic (exact) mass is 275 g/mol. The normalized spacial score (nSPS) is 16.6. The minimum absolute atomic E-state index is 0.0346. The lowest BCUT2D eigenvalue weighted by Crippen LogP contribution is -2.41. The van der Waals surface area contributed by atoms with Gasteiger partial charge in [-0.3, -0.25) is 4.90 Å². The molecule has 3 atom stereocenters. The Balaban J connectivity index is 4.03. The van der Waals surface area contributed by atoms with Crippen molar-refractivity contribution in [1.29, 1.82) is 0 Å². The van der Waals surface area contributed by atoms with E-state index in [1.807, 2.05) is 6.92 Å². The lowest BCUT2D eigenvalue weighted by atomic mass is 10.1. The van der Waals surface area contributed by atoms with Crippen molar-refractivity contribution in [3.8, 4) is 0 Å². The minimum Gasteiger partial charge on any atom is -0.389 e. The molecule has 3 unspecified atom stereocenters. The second-order valence-corrected chi connectivity index (χ2v) is 5.36. The molecule has 4 heteroatoms. The molecule has 0 aliphatic carbocycles. The second-order valence-electron chi connectivity index (χ2n) is 5.36. The topological polar surface area (TPSA) is 41.9 Å². The molecule has 116 valence electrons. The van der Waals surface area contributed by atoms with Crippen LogP contribution in [-0.4, -0.2) is 61.7 Å². The molecular weight excluding hydrogens is 242 g/mol. The maximum Gasteiger partial charge on any atom is 0.0900 e. The summed E-state index contributed by atoms with van der Waals surface area (Å²) in [6, 6.07) is 0.512. The summed E-state index contributed by atoms with van der Waals surface area (Å²) in [7, 11) is 1.66.